The Bertz CT molecular complexity index is 1130. The third-order valence-corrected chi connectivity index (χ3v) is 8.81. The van der Waals surface area contributed by atoms with E-state index < -0.39 is 0 Å². The van der Waals surface area contributed by atoms with Crippen LogP contribution in [0, 0.1) is 5.92 Å². The molecule has 1 aromatic carbocycles. The molecule has 1 fully saturated rings. The molecule has 0 aliphatic heterocycles. The number of fused-ring (bicyclic) bond motifs is 1. The van der Waals surface area contributed by atoms with Gasteiger partial charge in [-0.25, -0.2) is 9.67 Å². The quantitative estimate of drug-likeness (QED) is 0.433. The van der Waals surface area contributed by atoms with Crippen molar-refractivity contribution >= 4 is 22.4 Å². The number of nitrogens with two attached hydrogens (primary N) is 1. The van der Waals surface area contributed by atoms with Crippen LogP contribution in [0.3, 0.4) is 0 Å². The van der Waals surface area contributed by atoms with Crippen molar-refractivity contribution in [1.29, 1.82) is 0 Å². The van der Waals surface area contributed by atoms with E-state index in [1.807, 2.05) is 36.5 Å². The lowest BCUT2D eigenvalue weighted by Crippen LogP contribution is -2.41. The van der Waals surface area contributed by atoms with Crippen molar-refractivity contribution in [3.05, 3.63) is 58.9 Å². The maximum Gasteiger partial charge on any atom is 0.253 e. The van der Waals surface area contributed by atoms with E-state index in [1.54, 1.807) is 22.2 Å². The molecule has 3 N–H and O–H groups in total. The molecule has 1 saturated carbocycles. The van der Waals surface area contributed by atoms with E-state index in [0.29, 0.717) is 11.6 Å². The second kappa shape index (κ2) is 11.6. The van der Waals surface area contributed by atoms with Crippen LogP contribution in [0.15, 0.2) is 42.7 Å². The zero-order valence-corrected chi connectivity index (χ0v) is 22.1. The molecule has 2 aliphatic carbocycles. The molecule has 5 rings (SSSR count). The summed E-state index contributed by atoms with van der Waals surface area (Å²) in [6.45, 7) is 4.61. The molecule has 1 amide bonds. The van der Waals surface area contributed by atoms with E-state index >= 15 is 0 Å². The fourth-order valence-electron chi connectivity index (χ4n) is 5.94. The van der Waals surface area contributed by atoms with E-state index in [0.717, 1.165) is 49.0 Å². The first-order valence-corrected chi connectivity index (χ1v) is 14.3. The van der Waals surface area contributed by atoms with Gasteiger partial charge in [-0.3, -0.25) is 4.79 Å². The first-order valence-electron chi connectivity index (χ1n) is 13.5. The van der Waals surface area contributed by atoms with E-state index in [1.165, 1.54) is 49.2 Å². The van der Waals surface area contributed by atoms with Crippen LogP contribution in [0.4, 0.5) is 5.13 Å². The summed E-state index contributed by atoms with van der Waals surface area (Å²) in [6, 6.07) is 10.4. The predicted molar refractivity (Wildman–Crippen MR) is 146 cm³/mol. The summed E-state index contributed by atoms with van der Waals surface area (Å²) in [4.78, 5) is 21.7. The molecule has 7 nitrogen and oxygen atoms in total. The molecule has 1 atom stereocenters. The predicted octanol–water partition coefficient (Wildman–Crippen LogP) is 4.86. The second-order valence-electron chi connectivity index (χ2n) is 10.3. The van der Waals surface area contributed by atoms with Gasteiger partial charge < -0.3 is 16.0 Å². The molecule has 36 heavy (non-hydrogen) atoms. The lowest BCUT2D eigenvalue weighted by atomic mass is 9.83. The zero-order chi connectivity index (χ0) is 24.9. The SMILES string of the molecule is CCCN(CCC1CCC(NC(=O)c2ccccc2-n2cccn2)CC1)[C@H]1CCc2nc(N)sc2C1. The van der Waals surface area contributed by atoms with E-state index in [4.69, 9.17) is 5.73 Å². The minimum Gasteiger partial charge on any atom is -0.375 e. The normalized spacial score (nSPS) is 21.9. The molecule has 0 bridgehead atoms. The Kier molecular flexibility index (Phi) is 8.02. The van der Waals surface area contributed by atoms with Crippen LogP contribution in [0.1, 0.15) is 72.8 Å². The van der Waals surface area contributed by atoms with Gasteiger partial charge in [-0.05, 0) is 95.0 Å². The van der Waals surface area contributed by atoms with Crippen LogP contribution in [-0.2, 0) is 12.8 Å². The van der Waals surface area contributed by atoms with E-state index in [9.17, 15) is 4.79 Å². The average Bonchev–Trinajstić information content (AvgIpc) is 3.56. The number of aromatic nitrogens is 3. The number of hydrogen-bond donors (Lipinski definition) is 2. The minimum absolute atomic E-state index is 0.000887. The highest BCUT2D eigenvalue weighted by atomic mass is 32.1. The Labute approximate surface area is 218 Å². The van der Waals surface area contributed by atoms with Gasteiger partial charge >= 0.3 is 0 Å². The molecular formula is C28H38N6OS. The summed E-state index contributed by atoms with van der Waals surface area (Å²) in [5.41, 5.74) is 8.69. The number of aryl methyl sites for hydroxylation is 1. The highest BCUT2D eigenvalue weighted by Gasteiger charge is 2.28. The van der Waals surface area contributed by atoms with Crippen LogP contribution in [0.2, 0.25) is 0 Å². The van der Waals surface area contributed by atoms with E-state index in [-0.39, 0.29) is 11.9 Å². The van der Waals surface area contributed by atoms with Crippen molar-refractivity contribution in [2.24, 2.45) is 5.92 Å². The number of para-hydroxylation sites is 1. The van der Waals surface area contributed by atoms with Crippen molar-refractivity contribution in [3.8, 4) is 5.69 Å². The van der Waals surface area contributed by atoms with Crippen LogP contribution in [-0.4, -0.2) is 50.7 Å². The molecule has 192 valence electrons. The number of carbonyl (C=O) groups is 1. The zero-order valence-electron chi connectivity index (χ0n) is 21.2. The summed E-state index contributed by atoms with van der Waals surface area (Å²) in [6.07, 6.45) is 13.9. The van der Waals surface area contributed by atoms with Gasteiger partial charge in [-0.15, -0.1) is 11.3 Å². The fourth-order valence-corrected chi connectivity index (χ4v) is 6.89. The first-order chi connectivity index (χ1) is 17.6. The Balaban J connectivity index is 1.11. The smallest absolute Gasteiger partial charge is 0.253 e. The lowest BCUT2D eigenvalue weighted by Gasteiger charge is -2.36. The van der Waals surface area contributed by atoms with E-state index in [2.05, 4.69) is 27.2 Å². The highest BCUT2D eigenvalue weighted by molar-refractivity contribution is 7.15. The van der Waals surface area contributed by atoms with Gasteiger partial charge in [0.15, 0.2) is 5.13 Å². The van der Waals surface area contributed by atoms with Crippen molar-refractivity contribution in [2.45, 2.75) is 76.8 Å². The molecule has 2 heterocycles. The summed E-state index contributed by atoms with van der Waals surface area (Å²) in [5, 5.41) is 8.32. The standard InChI is InChI=1S/C28H38N6OS/c1-2-16-33(22-12-13-24-26(19-22)36-28(29)32-24)18-14-20-8-10-21(11-9-20)31-27(35)23-6-3-4-7-25(23)34-17-5-15-30-34/h3-7,15,17,20-22H,2,8-14,16,18-19H2,1H3,(H2,29,32)(H,31,35)/t20?,21?,22-/m0/s1. The molecule has 0 saturated heterocycles. The summed E-state index contributed by atoms with van der Waals surface area (Å²) in [5.74, 6) is 0.742. The number of nitrogen functional groups attached to an aromatic ring is 1. The van der Waals surface area contributed by atoms with Crippen LogP contribution in [0.25, 0.3) is 5.69 Å². The number of thiazole rings is 1. The minimum atomic E-state index is -0.000887. The summed E-state index contributed by atoms with van der Waals surface area (Å²) in [7, 11) is 0. The molecule has 0 unspecified atom stereocenters. The van der Waals surface area contributed by atoms with Crippen LogP contribution < -0.4 is 11.1 Å². The maximum atomic E-state index is 13.1. The Morgan fingerprint density at radius 3 is 2.78 bits per heavy atom. The molecular weight excluding hydrogens is 468 g/mol. The Morgan fingerprint density at radius 1 is 1.17 bits per heavy atom. The summed E-state index contributed by atoms with van der Waals surface area (Å²) >= 11 is 1.68. The maximum absolute atomic E-state index is 13.1. The lowest BCUT2D eigenvalue weighted by molar-refractivity contribution is 0.0918. The van der Waals surface area contributed by atoms with Crippen molar-refractivity contribution in [3.63, 3.8) is 0 Å². The number of nitrogens with one attached hydrogen (secondary N) is 1. The number of hydrogen-bond acceptors (Lipinski definition) is 6. The molecule has 0 spiro atoms. The number of rotatable bonds is 9. The van der Waals surface area contributed by atoms with Gasteiger partial charge in [0.1, 0.15) is 0 Å². The van der Waals surface area contributed by atoms with Gasteiger partial charge in [0.05, 0.1) is 16.9 Å². The highest BCUT2D eigenvalue weighted by Crippen LogP contribution is 2.32. The largest absolute Gasteiger partial charge is 0.375 e. The Hall–Kier alpha value is -2.71. The second-order valence-corrected chi connectivity index (χ2v) is 11.4. The number of carbonyl (C=O) groups excluding carboxylic acids is 1. The van der Waals surface area contributed by atoms with Crippen LogP contribution in [0.5, 0.6) is 0 Å². The van der Waals surface area contributed by atoms with Gasteiger partial charge in [0.25, 0.3) is 5.91 Å². The third kappa shape index (κ3) is 5.81. The molecule has 0 radical (unpaired) electrons. The molecule has 2 aliphatic rings. The molecule has 8 heteroatoms. The van der Waals surface area contributed by atoms with Gasteiger partial charge in [0.2, 0.25) is 0 Å². The average molecular weight is 507 g/mol. The topological polar surface area (TPSA) is 89.1 Å². The van der Waals surface area contributed by atoms with Gasteiger partial charge in [0, 0.05) is 29.4 Å². The number of anilines is 1. The number of amides is 1. The monoisotopic (exact) mass is 506 g/mol. The number of nitrogens with zero attached hydrogens (tertiary/aromatic N) is 4. The van der Waals surface area contributed by atoms with Crippen molar-refractivity contribution in [2.75, 3.05) is 18.8 Å². The van der Waals surface area contributed by atoms with Crippen LogP contribution >= 0.6 is 11.3 Å². The van der Waals surface area contributed by atoms with Crippen molar-refractivity contribution in [1.82, 2.24) is 25.0 Å². The molecule has 3 aromatic rings. The van der Waals surface area contributed by atoms with Gasteiger partial charge in [-0.2, -0.15) is 5.10 Å². The van der Waals surface area contributed by atoms with Crippen molar-refractivity contribution < 1.29 is 4.79 Å². The molecule has 2 aromatic heterocycles. The fraction of sp³-hybridized carbons (Fsp3) is 0.536. The first kappa shape index (κ1) is 25.0. The summed E-state index contributed by atoms with van der Waals surface area (Å²) < 4.78 is 1.75. The van der Waals surface area contributed by atoms with Gasteiger partial charge in [-0.1, -0.05) is 19.1 Å². The third-order valence-electron chi connectivity index (χ3n) is 7.86. The Morgan fingerprint density at radius 2 is 2.00 bits per heavy atom. The number of benzene rings is 1.